The van der Waals surface area contributed by atoms with Crippen LogP contribution in [0.2, 0.25) is 0 Å². The smallest absolute Gasteiger partial charge is 0.229 e. The number of aliphatic imine (C=N–C) groups is 1. The minimum Gasteiger partial charge on any atom is -0.497 e. The van der Waals surface area contributed by atoms with Gasteiger partial charge in [0.15, 0.2) is 5.11 Å². The Balaban J connectivity index is 1.72. The van der Waals surface area contributed by atoms with E-state index in [0.29, 0.717) is 23.6 Å². The van der Waals surface area contributed by atoms with Gasteiger partial charge in [-0.25, -0.2) is 9.97 Å². The van der Waals surface area contributed by atoms with Gasteiger partial charge in [0, 0.05) is 23.6 Å². The molecule has 3 aromatic rings. The second kappa shape index (κ2) is 11.4. The summed E-state index contributed by atoms with van der Waals surface area (Å²) < 4.78 is 5.22. The molecule has 3 N–H and O–H groups in total. The van der Waals surface area contributed by atoms with Crippen molar-refractivity contribution < 1.29 is 4.74 Å². The van der Waals surface area contributed by atoms with Gasteiger partial charge in [0.1, 0.15) is 5.75 Å². The maximum Gasteiger partial charge on any atom is 0.229 e. The van der Waals surface area contributed by atoms with Crippen molar-refractivity contribution >= 4 is 34.9 Å². The molecular weight excluding hydrogens is 432 g/mol. The Morgan fingerprint density at radius 3 is 2.24 bits per heavy atom. The van der Waals surface area contributed by atoms with Crippen LogP contribution >= 0.6 is 12.2 Å². The van der Waals surface area contributed by atoms with Gasteiger partial charge in [-0.3, -0.25) is 10.3 Å². The molecule has 0 aliphatic heterocycles. The second-order valence-electron chi connectivity index (χ2n) is 7.81. The average Bonchev–Trinajstić information content (AvgIpc) is 2.76. The first-order valence-electron chi connectivity index (χ1n) is 10.7. The zero-order valence-corrected chi connectivity index (χ0v) is 20.5. The van der Waals surface area contributed by atoms with Crippen molar-refractivity contribution in [2.75, 3.05) is 24.3 Å². The molecule has 1 aromatic heterocycles. The third-order valence-electron chi connectivity index (χ3n) is 5.04. The van der Waals surface area contributed by atoms with Crippen LogP contribution in [0.3, 0.4) is 0 Å². The fourth-order valence-electron chi connectivity index (χ4n) is 3.18. The molecule has 0 saturated carbocycles. The first-order valence-corrected chi connectivity index (χ1v) is 11.1. The lowest BCUT2D eigenvalue weighted by Gasteiger charge is -2.15. The van der Waals surface area contributed by atoms with E-state index in [1.165, 1.54) is 11.1 Å². The number of hydrogen-bond acceptors (Lipinski definition) is 5. The van der Waals surface area contributed by atoms with Crippen LogP contribution in [0.4, 0.5) is 11.6 Å². The Morgan fingerprint density at radius 1 is 0.909 bits per heavy atom. The molecule has 33 heavy (non-hydrogen) atoms. The summed E-state index contributed by atoms with van der Waals surface area (Å²) in [6.07, 6.45) is 0.766. The van der Waals surface area contributed by atoms with E-state index in [4.69, 9.17) is 17.0 Å². The highest BCUT2D eigenvalue weighted by atomic mass is 32.1. The number of aryl methyl sites for hydroxylation is 4. The summed E-state index contributed by atoms with van der Waals surface area (Å²) in [5, 5.41) is 9.97. The zero-order chi connectivity index (χ0) is 23.8. The lowest BCUT2D eigenvalue weighted by atomic mass is 10.1. The molecule has 0 radical (unpaired) electrons. The molecular formula is C25H30N6OS. The van der Waals surface area contributed by atoms with Crippen LogP contribution in [0.5, 0.6) is 5.75 Å². The molecule has 0 aliphatic carbocycles. The van der Waals surface area contributed by atoms with E-state index in [0.717, 1.165) is 34.8 Å². The molecule has 0 unspecified atom stereocenters. The highest BCUT2D eigenvalue weighted by Crippen LogP contribution is 2.14. The zero-order valence-electron chi connectivity index (χ0n) is 19.7. The molecule has 7 nitrogen and oxygen atoms in total. The van der Waals surface area contributed by atoms with Gasteiger partial charge < -0.3 is 15.4 Å². The molecule has 0 bridgehead atoms. The molecule has 8 heteroatoms. The largest absolute Gasteiger partial charge is 0.497 e. The van der Waals surface area contributed by atoms with E-state index in [1.807, 2.05) is 50.2 Å². The third-order valence-corrected chi connectivity index (χ3v) is 5.24. The summed E-state index contributed by atoms with van der Waals surface area (Å²) in [5.74, 6) is 1.79. The van der Waals surface area contributed by atoms with Crippen LogP contribution in [-0.2, 0) is 6.42 Å². The van der Waals surface area contributed by atoms with E-state index in [2.05, 4.69) is 56.9 Å². The number of ether oxygens (including phenoxy) is 1. The van der Waals surface area contributed by atoms with E-state index >= 15 is 0 Å². The molecule has 172 valence electrons. The van der Waals surface area contributed by atoms with Crippen molar-refractivity contribution in [3.8, 4) is 5.75 Å². The molecule has 0 saturated heterocycles. The number of nitrogens with zero attached hydrogens (tertiary/aromatic N) is 3. The number of nitrogens with one attached hydrogen (secondary N) is 3. The summed E-state index contributed by atoms with van der Waals surface area (Å²) in [5.41, 5.74) is 6.25. The number of thiocarbonyl (C=S) groups is 1. The molecule has 0 fully saturated rings. The highest BCUT2D eigenvalue weighted by Gasteiger charge is 2.08. The minimum atomic E-state index is 0.429. The third kappa shape index (κ3) is 7.54. The minimum absolute atomic E-state index is 0.429. The van der Waals surface area contributed by atoms with Gasteiger partial charge in [0.2, 0.25) is 11.9 Å². The molecule has 2 aromatic carbocycles. The van der Waals surface area contributed by atoms with Crippen molar-refractivity contribution in [3.05, 3.63) is 76.6 Å². The predicted molar refractivity (Wildman–Crippen MR) is 139 cm³/mol. The summed E-state index contributed by atoms with van der Waals surface area (Å²) in [4.78, 5) is 13.6. The van der Waals surface area contributed by atoms with Crippen LogP contribution in [0, 0.1) is 27.7 Å². The number of methoxy groups -OCH3 is 1. The predicted octanol–water partition coefficient (Wildman–Crippen LogP) is 4.72. The van der Waals surface area contributed by atoms with Crippen LogP contribution < -0.4 is 20.7 Å². The van der Waals surface area contributed by atoms with Gasteiger partial charge in [0.05, 0.1) is 7.11 Å². The van der Waals surface area contributed by atoms with Gasteiger partial charge in [-0.15, -0.1) is 0 Å². The van der Waals surface area contributed by atoms with E-state index in [-0.39, 0.29) is 0 Å². The maximum atomic E-state index is 5.53. The monoisotopic (exact) mass is 462 g/mol. The highest BCUT2D eigenvalue weighted by molar-refractivity contribution is 7.80. The SMILES string of the molecule is COc1ccc(CCN=C(NC(=S)Nc2ccc(C)c(C)c2)Nc2nc(C)cc(C)n2)cc1. The van der Waals surface area contributed by atoms with Gasteiger partial charge >= 0.3 is 0 Å². The molecule has 0 atom stereocenters. The molecule has 3 rings (SSSR count). The lowest BCUT2D eigenvalue weighted by molar-refractivity contribution is 0.414. The van der Waals surface area contributed by atoms with Gasteiger partial charge in [0.25, 0.3) is 0 Å². The van der Waals surface area contributed by atoms with Crippen molar-refractivity contribution in [1.82, 2.24) is 15.3 Å². The molecule has 0 aliphatic rings. The van der Waals surface area contributed by atoms with Gasteiger partial charge in [-0.2, -0.15) is 0 Å². The molecule has 0 amide bonds. The van der Waals surface area contributed by atoms with E-state index < -0.39 is 0 Å². The van der Waals surface area contributed by atoms with E-state index in [1.54, 1.807) is 7.11 Å². The van der Waals surface area contributed by atoms with Crippen molar-refractivity contribution in [2.24, 2.45) is 4.99 Å². The standard InChI is InChI=1S/C25H30N6OS/c1-16-6-9-21(14-17(16)2)29-25(33)31-23(30-24-27-18(3)15-19(4)28-24)26-13-12-20-7-10-22(32-5)11-8-20/h6-11,14-15H,12-13H2,1-5H3,(H3,26,27,28,29,30,31,33). The van der Waals surface area contributed by atoms with Gasteiger partial charge in [-0.05, 0) is 93.4 Å². The fraction of sp³-hybridized carbons (Fsp3) is 0.280. The van der Waals surface area contributed by atoms with Crippen LogP contribution in [0.25, 0.3) is 0 Å². The maximum absolute atomic E-state index is 5.53. The summed E-state index contributed by atoms with van der Waals surface area (Å²) in [6, 6.07) is 16.0. The normalized spacial score (nSPS) is 11.1. The Kier molecular flexibility index (Phi) is 8.32. The van der Waals surface area contributed by atoms with Crippen molar-refractivity contribution in [1.29, 1.82) is 0 Å². The first kappa shape index (κ1) is 24.1. The van der Waals surface area contributed by atoms with Crippen LogP contribution in [0.1, 0.15) is 28.1 Å². The first-order chi connectivity index (χ1) is 15.8. The van der Waals surface area contributed by atoms with Crippen LogP contribution in [0.15, 0.2) is 53.5 Å². The van der Waals surface area contributed by atoms with Crippen molar-refractivity contribution in [3.63, 3.8) is 0 Å². The van der Waals surface area contributed by atoms with Gasteiger partial charge in [-0.1, -0.05) is 18.2 Å². The average molecular weight is 463 g/mol. The Hall–Kier alpha value is -3.52. The molecule has 1 heterocycles. The number of guanidine groups is 1. The summed E-state index contributed by atoms with van der Waals surface area (Å²) in [6.45, 7) is 8.57. The number of anilines is 2. The van der Waals surface area contributed by atoms with Crippen molar-refractivity contribution in [2.45, 2.75) is 34.1 Å². The number of aromatic nitrogens is 2. The Labute approximate surface area is 200 Å². The quantitative estimate of drug-likeness (QED) is 0.278. The van der Waals surface area contributed by atoms with E-state index in [9.17, 15) is 0 Å². The number of benzene rings is 2. The Morgan fingerprint density at radius 2 is 1.61 bits per heavy atom. The topological polar surface area (TPSA) is 83.5 Å². The Bertz CT molecular complexity index is 1120. The van der Waals surface area contributed by atoms with Crippen LogP contribution in [-0.4, -0.2) is 34.7 Å². The summed E-state index contributed by atoms with van der Waals surface area (Å²) >= 11 is 5.53. The fourth-order valence-corrected chi connectivity index (χ4v) is 3.39. The molecule has 0 spiro atoms. The number of rotatable bonds is 6. The second-order valence-corrected chi connectivity index (χ2v) is 8.21. The number of hydrogen-bond donors (Lipinski definition) is 3. The lowest BCUT2D eigenvalue weighted by Crippen LogP contribution is -2.39. The summed E-state index contributed by atoms with van der Waals surface area (Å²) in [7, 11) is 1.66.